The minimum Gasteiger partial charge on any atom is -0.369 e. The normalized spacial score (nSPS) is 15.4. The number of benzene rings is 2. The smallest absolute Gasteiger partial charge is 0.255 e. The maximum atomic E-state index is 12.4. The molecular formula is C21H27N3O. The number of likely N-dealkylation sites (N-methyl/N-ethyl adjacent to an activating group) is 1. The summed E-state index contributed by atoms with van der Waals surface area (Å²) >= 11 is 0. The number of nitrogens with zero attached hydrogens (tertiary/aromatic N) is 2. The van der Waals surface area contributed by atoms with Crippen LogP contribution in [0.1, 0.15) is 35.7 Å². The van der Waals surface area contributed by atoms with Crippen molar-refractivity contribution in [1.82, 2.24) is 4.90 Å². The van der Waals surface area contributed by atoms with Crippen molar-refractivity contribution in [3.05, 3.63) is 59.7 Å². The van der Waals surface area contributed by atoms with Crippen molar-refractivity contribution in [2.24, 2.45) is 0 Å². The van der Waals surface area contributed by atoms with Gasteiger partial charge in [-0.05, 0) is 54.9 Å². The van der Waals surface area contributed by atoms with Crippen molar-refractivity contribution in [3.8, 4) is 0 Å². The Morgan fingerprint density at radius 2 is 1.52 bits per heavy atom. The number of rotatable bonds is 4. The van der Waals surface area contributed by atoms with Gasteiger partial charge in [0.05, 0.1) is 0 Å². The van der Waals surface area contributed by atoms with E-state index in [1.165, 1.54) is 11.3 Å². The Labute approximate surface area is 150 Å². The van der Waals surface area contributed by atoms with Gasteiger partial charge < -0.3 is 15.1 Å². The average Bonchev–Trinajstić information content (AvgIpc) is 2.63. The van der Waals surface area contributed by atoms with E-state index >= 15 is 0 Å². The molecule has 2 aromatic carbocycles. The highest BCUT2D eigenvalue weighted by Crippen LogP contribution is 2.20. The van der Waals surface area contributed by atoms with Crippen LogP contribution in [0.15, 0.2) is 48.5 Å². The van der Waals surface area contributed by atoms with E-state index in [1.54, 1.807) is 0 Å². The second-order valence-corrected chi connectivity index (χ2v) is 7.07. The van der Waals surface area contributed by atoms with Crippen molar-refractivity contribution in [2.75, 3.05) is 43.4 Å². The fraction of sp³-hybridized carbons (Fsp3) is 0.381. The Kier molecular flexibility index (Phi) is 5.39. The predicted octanol–water partition coefficient (Wildman–Crippen LogP) is 3.81. The molecule has 3 rings (SSSR count). The van der Waals surface area contributed by atoms with Gasteiger partial charge in [0.1, 0.15) is 0 Å². The van der Waals surface area contributed by atoms with Gasteiger partial charge in [-0.2, -0.15) is 0 Å². The van der Waals surface area contributed by atoms with Crippen molar-refractivity contribution in [2.45, 2.75) is 19.8 Å². The quantitative estimate of drug-likeness (QED) is 0.921. The van der Waals surface area contributed by atoms with Crippen LogP contribution in [0.4, 0.5) is 11.4 Å². The van der Waals surface area contributed by atoms with Crippen LogP contribution >= 0.6 is 0 Å². The number of piperazine rings is 1. The molecule has 0 aromatic heterocycles. The summed E-state index contributed by atoms with van der Waals surface area (Å²) in [6.45, 7) is 8.57. The third-order valence-corrected chi connectivity index (χ3v) is 4.83. The number of hydrogen-bond donors (Lipinski definition) is 1. The largest absolute Gasteiger partial charge is 0.369 e. The second kappa shape index (κ2) is 7.70. The van der Waals surface area contributed by atoms with Crippen molar-refractivity contribution < 1.29 is 4.79 Å². The predicted molar refractivity (Wildman–Crippen MR) is 105 cm³/mol. The molecule has 4 heteroatoms. The lowest BCUT2D eigenvalue weighted by atomic mass is 10.0. The molecule has 132 valence electrons. The summed E-state index contributed by atoms with van der Waals surface area (Å²) in [7, 11) is 2.16. The fourth-order valence-corrected chi connectivity index (χ4v) is 3.04. The van der Waals surface area contributed by atoms with Crippen LogP contribution in [0.2, 0.25) is 0 Å². The Balaban J connectivity index is 1.61. The van der Waals surface area contributed by atoms with Crippen molar-refractivity contribution >= 4 is 17.3 Å². The molecule has 0 atom stereocenters. The second-order valence-electron chi connectivity index (χ2n) is 7.07. The molecule has 0 unspecified atom stereocenters. The van der Waals surface area contributed by atoms with Crippen LogP contribution in [0.25, 0.3) is 0 Å². The molecule has 1 heterocycles. The topological polar surface area (TPSA) is 35.6 Å². The Morgan fingerprint density at radius 3 is 2.08 bits per heavy atom. The summed E-state index contributed by atoms with van der Waals surface area (Å²) in [5, 5.41) is 2.98. The molecule has 4 nitrogen and oxygen atoms in total. The summed E-state index contributed by atoms with van der Waals surface area (Å²) in [5.41, 5.74) is 3.98. The minimum absolute atomic E-state index is 0.0670. The SMILES string of the molecule is CC(C)c1ccc(C(=O)Nc2ccc(N3CCN(C)CC3)cc2)cc1. The van der Waals surface area contributed by atoms with Gasteiger partial charge in [0, 0.05) is 43.1 Å². The monoisotopic (exact) mass is 337 g/mol. The number of carbonyl (C=O) groups excluding carboxylic acids is 1. The molecule has 2 aromatic rings. The summed E-state index contributed by atoms with van der Waals surface area (Å²) < 4.78 is 0. The van der Waals surface area contributed by atoms with Crippen LogP contribution in [0.3, 0.4) is 0 Å². The van der Waals surface area contributed by atoms with Crippen LogP contribution in [0.5, 0.6) is 0 Å². The fourth-order valence-electron chi connectivity index (χ4n) is 3.04. The van der Waals surface area contributed by atoms with Crippen LogP contribution < -0.4 is 10.2 Å². The van der Waals surface area contributed by atoms with E-state index in [-0.39, 0.29) is 5.91 Å². The highest BCUT2D eigenvalue weighted by molar-refractivity contribution is 6.04. The van der Waals surface area contributed by atoms with Gasteiger partial charge in [0.2, 0.25) is 0 Å². The van der Waals surface area contributed by atoms with E-state index in [2.05, 4.69) is 48.1 Å². The summed E-state index contributed by atoms with van der Waals surface area (Å²) in [6.07, 6.45) is 0. The van der Waals surface area contributed by atoms with E-state index in [4.69, 9.17) is 0 Å². The molecule has 0 saturated carbocycles. The highest BCUT2D eigenvalue weighted by atomic mass is 16.1. The highest BCUT2D eigenvalue weighted by Gasteiger charge is 2.14. The molecule has 1 aliphatic heterocycles. The summed E-state index contributed by atoms with van der Waals surface area (Å²) in [6, 6.07) is 16.0. The van der Waals surface area contributed by atoms with E-state index < -0.39 is 0 Å². The Hall–Kier alpha value is -2.33. The van der Waals surface area contributed by atoms with E-state index in [0.29, 0.717) is 11.5 Å². The molecule has 0 bridgehead atoms. The van der Waals surface area contributed by atoms with Gasteiger partial charge in [-0.25, -0.2) is 0 Å². The van der Waals surface area contributed by atoms with Crippen molar-refractivity contribution in [1.29, 1.82) is 0 Å². The van der Waals surface area contributed by atoms with E-state index in [1.807, 2.05) is 36.4 Å². The number of carbonyl (C=O) groups is 1. The van der Waals surface area contributed by atoms with Gasteiger partial charge in [0.15, 0.2) is 0 Å². The van der Waals surface area contributed by atoms with E-state index in [0.717, 1.165) is 31.9 Å². The van der Waals surface area contributed by atoms with E-state index in [9.17, 15) is 4.79 Å². The molecule has 0 radical (unpaired) electrons. The van der Waals surface area contributed by atoms with Crippen LogP contribution in [-0.4, -0.2) is 44.0 Å². The molecule has 1 amide bonds. The zero-order valence-electron chi connectivity index (χ0n) is 15.3. The zero-order chi connectivity index (χ0) is 17.8. The van der Waals surface area contributed by atoms with Gasteiger partial charge >= 0.3 is 0 Å². The molecular weight excluding hydrogens is 310 g/mol. The maximum Gasteiger partial charge on any atom is 0.255 e. The molecule has 25 heavy (non-hydrogen) atoms. The molecule has 1 N–H and O–H groups in total. The van der Waals surface area contributed by atoms with Gasteiger partial charge in [-0.15, -0.1) is 0 Å². The van der Waals surface area contributed by atoms with Crippen LogP contribution in [0, 0.1) is 0 Å². The third-order valence-electron chi connectivity index (χ3n) is 4.83. The van der Waals surface area contributed by atoms with Crippen molar-refractivity contribution in [3.63, 3.8) is 0 Å². The minimum atomic E-state index is -0.0670. The first-order chi connectivity index (χ1) is 12.0. The molecule has 1 fully saturated rings. The Bertz CT molecular complexity index is 699. The molecule has 1 saturated heterocycles. The first-order valence-electron chi connectivity index (χ1n) is 8.98. The van der Waals surface area contributed by atoms with Gasteiger partial charge in [0.25, 0.3) is 5.91 Å². The maximum absolute atomic E-state index is 12.4. The van der Waals surface area contributed by atoms with Gasteiger partial charge in [-0.1, -0.05) is 26.0 Å². The summed E-state index contributed by atoms with van der Waals surface area (Å²) in [5.74, 6) is 0.405. The third kappa shape index (κ3) is 4.40. The summed E-state index contributed by atoms with van der Waals surface area (Å²) in [4.78, 5) is 17.1. The first kappa shape index (κ1) is 17.5. The lowest BCUT2D eigenvalue weighted by molar-refractivity contribution is 0.102. The Morgan fingerprint density at radius 1 is 0.920 bits per heavy atom. The number of nitrogens with one attached hydrogen (secondary N) is 1. The first-order valence-corrected chi connectivity index (χ1v) is 8.98. The lowest BCUT2D eigenvalue weighted by Gasteiger charge is -2.34. The number of hydrogen-bond acceptors (Lipinski definition) is 3. The van der Waals surface area contributed by atoms with Crippen LogP contribution in [-0.2, 0) is 0 Å². The molecule has 0 spiro atoms. The number of amides is 1. The molecule has 0 aliphatic carbocycles. The lowest BCUT2D eigenvalue weighted by Crippen LogP contribution is -2.44. The van der Waals surface area contributed by atoms with Gasteiger partial charge in [-0.3, -0.25) is 4.79 Å². The molecule has 1 aliphatic rings. The standard InChI is InChI=1S/C21H27N3O/c1-16(2)17-4-6-18(7-5-17)21(25)22-19-8-10-20(11-9-19)24-14-12-23(3)13-15-24/h4-11,16H,12-15H2,1-3H3,(H,22,25). The number of anilines is 2. The average molecular weight is 337 g/mol. The zero-order valence-corrected chi connectivity index (χ0v) is 15.3.